The molecule has 0 spiro atoms. The van der Waals surface area contributed by atoms with Crippen molar-refractivity contribution in [3.63, 3.8) is 0 Å². The van der Waals surface area contributed by atoms with Gasteiger partial charge < -0.3 is 0 Å². The van der Waals surface area contributed by atoms with Crippen molar-refractivity contribution in [2.75, 3.05) is 0 Å². The average Bonchev–Trinajstić information content (AvgIpc) is 3.66. The van der Waals surface area contributed by atoms with Gasteiger partial charge in [-0.1, -0.05) is 147 Å². The molecule has 10 aromatic rings. The fourth-order valence-corrected chi connectivity index (χ4v) is 8.83. The molecule has 8 aromatic carbocycles. The third-order valence-electron chi connectivity index (χ3n) is 11.6. The molecule has 0 radical (unpaired) electrons. The van der Waals surface area contributed by atoms with E-state index in [1.54, 1.807) is 0 Å². The number of benzene rings is 8. The van der Waals surface area contributed by atoms with Crippen LogP contribution in [0.25, 0.3) is 94.1 Å². The minimum absolute atomic E-state index is 0.127. The molecule has 0 N–H and O–H groups in total. The molecule has 0 saturated carbocycles. The largest absolute Gasteiger partial charge is 0.278 e. The molecular weight excluding hydrogens is 655 g/mol. The van der Waals surface area contributed by atoms with Crippen molar-refractivity contribution >= 4 is 43.5 Å². The van der Waals surface area contributed by atoms with E-state index in [0.29, 0.717) is 5.95 Å². The summed E-state index contributed by atoms with van der Waals surface area (Å²) in [7, 11) is 0. The number of fused-ring (bicyclic) bond motifs is 8. The number of hydrogen-bond acceptors (Lipinski definition) is 2. The van der Waals surface area contributed by atoms with Gasteiger partial charge in [0.25, 0.3) is 0 Å². The lowest BCUT2D eigenvalue weighted by atomic mass is 9.82. The third-order valence-corrected chi connectivity index (χ3v) is 11.6. The molecule has 0 fully saturated rings. The van der Waals surface area contributed by atoms with Crippen molar-refractivity contribution in [2.45, 2.75) is 19.3 Å². The molecule has 254 valence electrons. The molecule has 3 heteroatoms. The number of aromatic nitrogens is 3. The van der Waals surface area contributed by atoms with Crippen LogP contribution in [-0.4, -0.2) is 14.5 Å². The van der Waals surface area contributed by atoms with Crippen molar-refractivity contribution < 1.29 is 0 Å². The van der Waals surface area contributed by atoms with Gasteiger partial charge in [0.15, 0.2) is 0 Å². The predicted octanol–water partition coefficient (Wildman–Crippen LogP) is 13.2. The van der Waals surface area contributed by atoms with E-state index in [1.807, 2.05) is 0 Å². The monoisotopic (exact) mass is 689 g/mol. The Balaban J connectivity index is 1.21. The van der Waals surface area contributed by atoms with E-state index in [9.17, 15) is 0 Å². The minimum Gasteiger partial charge on any atom is -0.278 e. The van der Waals surface area contributed by atoms with Crippen molar-refractivity contribution in [1.29, 1.82) is 0 Å². The SMILES string of the molecule is CC1(C)c2ccccc2-c2ccc(-c3nc(-n4c5ccc(-c6ccccc6)cc5c5cc6ccccc6cc54)nc4cc(-c5ccccc5)ccc34)cc21. The van der Waals surface area contributed by atoms with Gasteiger partial charge in [0.05, 0.1) is 22.2 Å². The Morgan fingerprint density at radius 3 is 1.80 bits per heavy atom. The molecule has 1 aliphatic carbocycles. The molecule has 0 amide bonds. The van der Waals surface area contributed by atoms with Crippen molar-refractivity contribution in [3.05, 3.63) is 187 Å². The zero-order chi connectivity index (χ0) is 36.0. The predicted molar refractivity (Wildman–Crippen MR) is 225 cm³/mol. The van der Waals surface area contributed by atoms with Crippen LogP contribution in [0.2, 0.25) is 0 Å². The third kappa shape index (κ3) is 4.61. The van der Waals surface area contributed by atoms with Crippen LogP contribution >= 0.6 is 0 Å². The second kappa shape index (κ2) is 11.6. The van der Waals surface area contributed by atoms with Gasteiger partial charge in [-0.2, -0.15) is 0 Å². The summed E-state index contributed by atoms with van der Waals surface area (Å²) < 4.78 is 2.27. The van der Waals surface area contributed by atoms with Crippen LogP contribution in [-0.2, 0) is 5.41 Å². The zero-order valence-corrected chi connectivity index (χ0v) is 30.1. The first kappa shape index (κ1) is 30.8. The standard InChI is InChI=1S/C51H35N3/c1-51(2)44-20-12-11-19-39(44)40-24-22-38(29-45(40)51)49-41-25-21-37(33-15-7-4-8-16-33)30-46(41)52-50(53-49)54-47-26-23-36(32-13-5-3-6-14-32)28-42(47)43-27-34-17-9-10-18-35(34)31-48(43)54/h3-31H,1-2H3. The Morgan fingerprint density at radius 2 is 1.02 bits per heavy atom. The lowest BCUT2D eigenvalue weighted by molar-refractivity contribution is 0.660. The van der Waals surface area contributed by atoms with Crippen LogP contribution in [0.3, 0.4) is 0 Å². The molecule has 0 bridgehead atoms. The maximum atomic E-state index is 5.55. The van der Waals surface area contributed by atoms with Crippen LogP contribution < -0.4 is 0 Å². The van der Waals surface area contributed by atoms with Crippen molar-refractivity contribution in [1.82, 2.24) is 14.5 Å². The summed E-state index contributed by atoms with van der Waals surface area (Å²) in [6.45, 7) is 4.67. The highest BCUT2D eigenvalue weighted by Gasteiger charge is 2.35. The highest BCUT2D eigenvalue weighted by atomic mass is 15.2. The van der Waals surface area contributed by atoms with E-state index >= 15 is 0 Å². The van der Waals surface area contributed by atoms with E-state index in [2.05, 4.69) is 194 Å². The fourth-order valence-electron chi connectivity index (χ4n) is 8.83. The molecular formula is C51H35N3. The van der Waals surface area contributed by atoms with Crippen molar-refractivity contribution in [3.8, 4) is 50.6 Å². The quantitative estimate of drug-likeness (QED) is 0.184. The van der Waals surface area contributed by atoms with Gasteiger partial charge in [0.1, 0.15) is 0 Å². The van der Waals surface area contributed by atoms with E-state index < -0.39 is 0 Å². The first-order valence-electron chi connectivity index (χ1n) is 18.7. The second-order valence-corrected chi connectivity index (χ2v) is 15.1. The van der Waals surface area contributed by atoms with E-state index in [0.717, 1.165) is 44.3 Å². The van der Waals surface area contributed by atoms with Crippen molar-refractivity contribution in [2.24, 2.45) is 0 Å². The highest BCUT2D eigenvalue weighted by molar-refractivity contribution is 6.14. The van der Waals surface area contributed by atoms with E-state index in [-0.39, 0.29) is 5.41 Å². The molecule has 2 heterocycles. The van der Waals surface area contributed by atoms with E-state index in [1.165, 1.54) is 54.9 Å². The Bertz CT molecular complexity index is 3120. The molecule has 0 unspecified atom stereocenters. The lowest BCUT2D eigenvalue weighted by Crippen LogP contribution is -2.15. The van der Waals surface area contributed by atoms with Crippen LogP contribution in [0.15, 0.2) is 176 Å². The second-order valence-electron chi connectivity index (χ2n) is 15.1. The summed E-state index contributed by atoms with van der Waals surface area (Å²) in [4.78, 5) is 11.0. The minimum atomic E-state index is -0.127. The summed E-state index contributed by atoms with van der Waals surface area (Å²) in [6.07, 6.45) is 0. The molecule has 0 saturated heterocycles. The topological polar surface area (TPSA) is 30.7 Å². The average molecular weight is 690 g/mol. The molecule has 1 aliphatic rings. The Labute approximate surface area is 313 Å². The van der Waals surface area contributed by atoms with Crippen LogP contribution in [0.4, 0.5) is 0 Å². The van der Waals surface area contributed by atoms with E-state index in [4.69, 9.17) is 9.97 Å². The molecule has 0 atom stereocenters. The first-order valence-corrected chi connectivity index (χ1v) is 18.7. The molecule has 54 heavy (non-hydrogen) atoms. The molecule has 3 nitrogen and oxygen atoms in total. The number of rotatable bonds is 4. The Kier molecular flexibility index (Phi) is 6.60. The van der Waals surface area contributed by atoms with Gasteiger partial charge in [0, 0.05) is 27.1 Å². The smallest absolute Gasteiger partial charge is 0.235 e. The molecule has 11 rings (SSSR count). The normalized spacial score (nSPS) is 13.1. The van der Waals surface area contributed by atoms with Gasteiger partial charge in [-0.05, 0) is 97.7 Å². The van der Waals surface area contributed by atoms with Crippen LogP contribution in [0, 0.1) is 0 Å². The fraction of sp³-hybridized carbons (Fsp3) is 0.0588. The van der Waals surface area contributed by atoms with Crippen LogP contribution in [0.5, 0.6) is 0 Å². The molecule has 2 aromatic heterocycles. The van der Waals surface area contributed by atoms with Crippen LogP contribution in [0.1, 0.15) is 25.0 Å². The van der Waals surface area contributed by atoms with Gasteiger partial charge >= 0.3 is 0 Å². The zero-order valence-electron chi connectivity index (χ0n) is 30.1. The lowest BCUT2D eigenvalue weighted by Gasteiger charge is -2.22. The Hall–Kier alpha value is -6.84. The number of nitrogens with zero attached hydrogens (tertiary/aromatic N) is 3. The summed E-state index contributed by atoms with van der Waals surface area (Å²) in [5, 5.41) is 5.79. The van der Waals surface area contributed by atoms with Gasteiger partial charge in [-0.15, -0.1) is 0 Å². The number of hydrogen-bond donors (Lipinski definition) is 0. The summed E-state index contributed by atoms with van der Waals surface area (Å²) >= 11 is 0. The van der Waals surface area contributed by atoms with Gasteiger partial charge in [0.2, 0.25) is 5.95 Å². The highest BCUT2D eigenvalue weighted by Crippen LogP contribution is 2.50. The first-order chi connectivity index (χ1) is 26.5. The maximum Gasteiger partial charge on any atom is 0.235 e. The maximum absolute atomic E-state index is 5.55. The Morgan fingerprint density at radius 1 is 0.407 bits per heavy atom. The summed E-state index contributed by atoms with van der Waals surface area (Å²) in [5.74, 6) is 0.661. The molecule has 0 aliphatic heterocycles. The van der Waals surface area contributed by atoms with Gasteiger partial charge in [-0.3, -0.25) is 4.57 Å². The summed E-state index contributed by atoms with van der Waals surface area (Å²) in [5.41, 5.74) is 15.0. The van der Waals surface area contributed by atoms with Gasteiger partial charge in [-0.25, -0.2) is 9.97 Å². The summed E-state index contributed by atoms with van der Waals surface area (Å²) in [6, 6.07) is 63.6.